The molecule has 0 bridgehead atoms. The first kappa shape index (κ1) is 52.3. The number of pyridine rings is 2. The Morgan fingerprint density at radius 2 is 1.00 bits per heavy atom. The fraction of sp³-hybridized carbons (Fsp3) is 0.561. The Bertz CT molecular complexity index is 2440. The predicted molar refractivity (Wildman–Crippen MR) is 289 cm³/mol. The van der Waals surface area contributed by atoms with Crippen LogP contribution in [0, 0.1) is 23.7 Å². The van der Waals surface area contributed by atoms with Crippen LogP contribution in [0.4, 0.5) is 4.79 Å². The number of aryl methyl sites for hydroxylation is 4. The molecule has 4 saturated heterocycles. The number of rotatable bonds is 6. The number of halogens is 4. The number of fused-ring (bicyclic) bond motifs is 4. The second-order valence-electron chi connectivity index (χ2n) is 22.0. The number of hydrogen-bond acceptors (Lipinski definition) is 7. The summed E-state index contributed by atoms with van der Waals surface area (Å²) in [5, 5.41) is 4.98. The van der Waals surface area contributed by atoms with Crippen LogP contribution in [0.25, 0.3) is 0 Å². The summed E-state index contributed by atoms with van der Waals surface area (Å²) in [5.41, 5.74) is 9.93. The number of benzene rings is 2. The summed E-state index contributed by atoms with van der Waals surface area (Å²) in [5.74, 6) is 2.88. The molecule has 6 heterocycles. The summed E-state index contributed by atoms with van der Waals surface area (Å²) < 4.78 is 7.56. The number of carbonyl (C=O) groups excluding carboxylic acids is 3. The lowest BCUT2D eigenvalue weighted by Gasteiger charge is -2.38. The lowest BCUT2D eigenvalue weighted by atomic mass is 9.76. The highest BCUT2D eigenvalue weighted by molar-refractivity contribution is 9.10. The monoisotopic (exact) mass is 1130 g/mol. The number of amides is 3. The van der Waals surface area contributed by atoms with Crippen LogP contribution in [0.1, 0.15) is 142 Å². The fourth-order valence-electron chi connectivity index (χ4n) is 12.4. The van der Waals surface area contributed by atoms with Gasteiger partial charge in [-0.05, 0) is 236 Å². The molecule has 2 atom stereocenters. The van der Waals surface area contributed by atoms with Crippen molar-refractivity contribution in [3.63, 3.8) is 0 Å². The van der Waals surface area contributed by atoms with Crippen molar-refractivity contribution in [2.45, 2.75) is 128 Å². The summed E-state index contributed by atoms with van der Waals surface area (Å²) in [6.07, 6.45) is 16.7. The van der Waals surface area contributed by atoms with Gasteiger partial charge in [0, 0.05) is 95.3 Å². The van der Waals surface area contributed by atoms with E-state index in [9.17, 15) is 14.4 Å². The number of nitrogens with one attached hydrogen (secondary N) is 1. The molecule has 0 saturated carbocycles. The minimum atomic E-state index is -0.489. The van der Waals surface area contributed by atoms with E-state index in [1.165, 1.54) is 44.8 Å². The summed E-state index contributed by atoms with van der Waals surface area (Å²) in [4.78, 5) is 54.4. The molecule has 4 fully saturated rings. The maximum Gasteiger partial charge on any atom is 0.410 e. The van der Waals surface area contributed by atoms with Crippen molar-refractivity contribution >= 4 is 73.0 Å². The highest BCUT2D eigenvalue weighted by atomic mass is 79.9. The van der Waals surface area contributed by atoms with Crippen LogP contribution in [0.2, 0.25) is 10.0 Å². The van der Waals surface area contributed by atoms with Crippen LogP contribution in [-0.4, -0.2) is 101 Å². The van der Waals surface area contributed by atoms with Crippen molar-refractivity contribution in [2.75, 3.05) is 52.4 Å². The second-order valence-corrected chi connectivity index (χ2v) is 24.7. The van der Waals surface area contributed by atoms with Crippen LogP contribution in [-0.2, 0) is 40.0 Å². The molecule has 14 heteroatoms. The van der Waals surface area contributed by atoms with Gasteiger partial charge in [-0.25, -0.2) is 4.79 Å². The Hall–Kier alpha value is -3.55. The van der Waals surface area contributed by atoms with E-state index < -0.39 is 5.60 Å². The van der Waals surface area contributed by atoms with Gasteiger partial charge in [-0.15, -0.1) is 0 Å². The molecule has 71 heavy (non-hydrogen) atoms. The average molecular weight is 1130 g/mol. The first-order valence-corrected chi connectivity index (χ1v) is 28.6. The maximum absolute atomic E-state index is 13.3. The molecule has 0 radical (unpaired) electrons. The molecular formula is C57H70Br2Cl2N6O4. The van der Waals surface area contributed by atoms with E-state index in [1.807, 2.05) is 45.3 Å². The largest absolute Gasteiger partial charge is 0.444 e. The van der Waals surface area contributed by atoms with E-state index in [0.29, 0.717) is 49.1 Å². The van der Waals surface area contributed by atoms with Gasteiger partial charge in [0.05, 0.1) is 11.4 Å². The molecule has 2 aromatic heterocycles. The number of hydrogen-bond donors (Lipinski definition) is 1. The molecule has 4 aliphatic heterocycles. The van der Waals surface area contributed by atoms with E-state index in [0.717, 1.165) is 142 Å². The van der Waals surface area contributed by atoms with E-state index in [1.54, 1.807) is 4.90 Å². The lowest BCUT2D eigenvalue weighted by Crippen LogP contribution is -2.44. The molecule has 6 aliphatic rings. The van der Waals surface area contributed by atoms with Crippen molar-refractivity contribution < 1.29 is 19.1 Å². The zero-order valence-corrected chi connectivity index (χ0v) is 46.4. The SMILES string of the molecule is CC(C)(C)OC(=O)N1CCC(CC(=O)N2CCC(C3c4ccc(Cl)cc4CCc4cc(Br)cnc43)CC2)CC1.O=C(CC1CCNCC1)N1CCC(C2c3ccc(Cl)cc3CCc3cc(Br)cnc32)CC1. The fourth-order valence-corrected chi connectivity index (χ4v) is 13.5. The minimum Gasteiger partial charge on any atom is -0.444 e. The molecule has 2 aliphatic carbocycles. The van der Waals surface area contributed by atoms with Crippen LogP contribution < -0.4 is 5.32 Å². The van der Waals surface area contributed by atoms with Gasteiger partial charge in [0.25, 0.3) is 0 Å². The van der Waals surface area contributed by atoms with Crippen molar-refractivity contribution in [1.29, 1.82) is 0 Å². The molecule has 2 aromatic carbocycles. The molecule has 3 amide bonds. The van der Waals surface area contributed by atoms with Gasteiger partial charge in [-0.2, -0.15) is 0 Å². The number of aromatic nitrogens is 2. The third-order valence-electron chi connectivity index (χ3n) is 16.1. The highest BCUT2D eigenvalue weighted by Crippen LogP contribution is 2.45. The first-order valence-electron chi connectivity index (χ1n) is 26.2. The third kappa shape index (κ3) is 13.0. The Kier molecular flexibility index (Phi) is 17.2. The van der Waals surface area contributed by atoms with Crippen LogP contribution in [0.3, 0.4) is 0 Å². The molecule has 1 N–H and O–H groups in total. The third-order valence-corrected chi connectivity index (χ3v) is 17.4. The van der Waals surface area contributed by atoms with E-state index in [-0.39, 0.29) is 23.8 Å². The molecule has 380 valence electrons. The van der Waals surface area contributed by atoms with Gasteiger partial charge in [-0.1, -0.05) is 35.3 Å². The molecular weight excluding hydrogens is 1060 g/mol. The number of nitrogens with zero attached hydrogens (tertiary/aromatic N) is 5. The molecule has 2 unspecified atom stereocenters. The summed E-state index contributed by atoms with van der Waals surface area (Å²) in [6, 6.07) is 17.2. The van der Waals surface area contributed by atoms with Gasteiger partial charge in [0.15, 0.2) is 0 Å². The summed E-state index contributed by atoms with van der Waals surface area (Å²) in [6.45, 7) is 12.4. The molecule has 10 nitrogen and oxygen atoms in total. The maximum atomic E-state index is 13.3. The highest BCUT2D eigenvalue weighted by Gasteiger charge is 2.38. The van der Waals surface area contributed by atoms with Crippen LogP contribution in [0.15, 0.2) is 69.9 Å². The average Bonchev–Trinajstić information content (AvgIpc) is 3.61. The van der Waals surface area contributed by atoms with E-state index in [4.69, 9.17) is 37.9 Å². The van der Waals surface area contributed by atoms with Gasteiger partial charge < -0.3 is 24.8 Å². The van der Waals surface area contributed by atoms with Gasteiger partial charge in [0.1, 0.15) is 5.60 Å². The Balaban J connectivity index is 0.000000179. The number of carbonyl (C=O) groups is 3. The standard InChI is InChI=1S/C31H39BrClN3O3.C26H31BrClN3O/c1-31(2,3)39-30(38)36-12-8-20(9-13-36)16-27(37)35-14-10-21(11-15-35)28-26-7-6-25(33)18-22(26)4-5-23-17-24(32)19-34-29(23)28;27-21-14-20-2-1-19-15-22(28)3-4-23(19)25(26(20)30-16-21)18-7-11-31(12-8-18)24(32)13-17-5-9-29-10-6-17/h6-7,17-21,28H,4-5,8-16H2,1-3H3;3-4,14-18,25,29H,1-2,5-13H2. The second kappa shape index (κ2) is 23.3. The Labute approximate surface area is 448 Å². The molecule has 4 aromatic rings. The molecule has 0 spiro atoms. The van der Waals surface area contributed by atoms with Crippen molar-refractivity contribution in [3.05, 3.63) is 125 Å². The van der Waals surface area contributed by atoms with Gasteiger partial charge in [-0.3, -0.25) is 19.6 Å². The normalized spacial score (nSPS) is 21.4. The number of piperidine rings is 4. The smallest absolute Gasteiger partial charge is 0.410 e. The minimum absolute atomic E-state index is 0.220. The van der Waals surface area contributed by atoms with E-state index >= 15 is 0 Å². The zero-order chi connectivity index (χ0) is 49.8. The predicted octanol–water partition coefficient (Wildman–Crippen LogP) is 12.4. The molecule has 10 rings (SSSR count). The number of likely N-dealkylation sites (tertiary alicyclic amines) is 3. The van der Waals surface area contributed by atoms with Gasteiger partial charge >= 0.3 is 6.09 Å². The van der Waals surface area contributed by atoms with Crippen molar-refractivity contribution in [1.82, 2.24) is 30.0 Å². The summed E-state index contributed by atoms with van der Waals surface area (Å²) in [7, 11) is 0. The van der Waals surface area contributed by atoms with Crippen LogP contribution >= 0.6 is 55.1 Å². The van der Waals surface area contributed by atoms with E-state index in [2.05, 4.69) is 83.4 Å². The summed E-state index contributed by atoms with van der Waals surface area (Å²) >= 11 is 20.0. The van der Waals surface area contributed by atoms with Gasteiger partial charge in [0.2, 0.25) is 11.8 Å². The van der Waals surface area contributed by atoms with Crippen molar-refractivity contribution in [2.24, 2.45) is 23.7 Å². The number of ether oxygens (including phenoxy) is 1. The topological polar surface area (TPSA) is 108 Å². The first-order chi connectivity index (χ1) is 34.2. The Morgan fingerprint density at radius 1 is 0.592 bits per heavy atom. The quantitative estimate of drug-likeness (QED) is 0.205. The van der Waals surface area contributed by atoms with Crippen LogP contribution in [0.5, 0.6) is 0 Å². The van der Waals surface area contributed by atoms with Crippen molar-refractivity contribution in [3.8, 4) is 0 Å². The zero-order valence-electron chi connectivity index (χ0n) is 41.7. The lowest BCUT2D eigenvalue weighted by molar-refractivity contribution is -0.134. The Morgan fingerprint density at radius 3 is 1.44 bits per heavy atom.